The molecule has 0 radical (unpaired) electrons. The van der Waals surface area contributed by atoms with Crippen molar-refractivity contribution in [2.24, 2.45) is 11.5 Å². The number of nitrogens with one attached hydrogen (secondary N) is 4. The van der Waals surface area contributed by atoms with Crippen LogP contribution in [-0.4, -0.2) is 65.9 Å². The smallest absolute Gasteiger partial charge is 0.245 e. The van der Waals surface area contributed by atoms with E-state index in [0.717, 1.165) is 31.8 Å². The lowest BCUT2D eigenvalue weighted by molar-refractivity contribution is -0.142. The third-order valence-electron chi connectivity index (χ3n) is 9.10. The second-order valence-electron chi connectivity index (χ2n) is 12.5. The van der Waals surface area contributed by atoms with Crippen molar-refractivity contribution >= 4 is 63.6 Å². The van der Waals surface area contributed by atoms with Crippen molar-refractivity contribution in [1.82, 2.24) is 25.8 Å². The summed E-state index contributed by atoms with van der Waals surface area (Å²) >= 11 is 14.8. The van der Waals surface area contributed by atoms with Gasteiger partial charge in [0.25, 0.3) is 0 Å². The van der Waals surface area contributed by atoms with E-state index in [4.69, 9.17) is 34.7 Å². The Morgan fingerprint density at radius 2 is 1.58 bits per heavy atom. The number of unbranched alkanes of at least 4 members (excludes halogenated alkanes) is 1. The summed E-state index contributed by atoms with van der Waals surface area (Å²) in [5.74, 6) is -1.02. The Morgan fingerprint density at radius 3 is 2.38 bits per heavy atom. The van der Waals surface area contributed by atoms with Gasteiger partial charge in [0.2, 0.25) is 17.7 Å². The summed E-state index contributed by atoms with van der Waals surface area (Å²) in [5, 5.41) is 11.2. The number of H-pyrrole nitrogens is 1. The number of benzene rings is 3. The Balaban J connectivity index is 1.57. The monoisotopic (exact) mass is 737 g/mol. The number of fused-ring (bicyclic) bond motifs is 3. The number of aromatic nitrogens is 1. The summed E-state index contributed by atoms with van der Waals surface area (Å²) < 4.78 is 0. The molecule has 1 aliphatic rings. The number of aromatic amines is 1. The highest BCUT2D eigenvalue weighted by Crippen LogP contribution is 2.38. The first-order valence-electron chi connectivity index (χ1n) is 17.0. The number of rotatable bonds is 9. The quantitative estimate of drug-likeness (QED) is 0.130. The van der Waals surface area contributed by atoms with Crippen LogP contribution in [0, 0.1) is 0 Å². The number of halogens is 2. The van der Waals surface area contributed by atoms with E-state index < -0.39 is 18.1 Å². The fourth-order valence-electron chi connectivity index (χ4n) is 6.21. The van der Waals surface area contributed by atoms with Gasteiger partial charge in [0.05, 0.1) is 16.1 Å². The van der Waals surface area contributed by atoms with Crippen molar-refractivity contribution < 1.29 is 14.4 Å². The molecule has 3 aromatic carbocycles. The molecule has 1 aliphatic heterocycles. The summed E-state index contributed by atoms with van der Waals surface area (Å²) in [6.07, 6.45) is 4.90. The molecular formula is C37H45Cl2N7O3S. The van der Waals surface area contributed by atoms with E-state index in [-0.39, 0.29) is 30.7 Å². The molecule has 3 amide bonds. The van der Waals surface area contributed by atoms with Crippen LogP contribution in [0.15, 0.2) is 76.7 Å². The van der Waals surface area contributed by atoms with Crippen molar-refractivity contribution in [2.45, 2.75) is 79.5 Å². The standard InChI is InChI=1S/C37H45Cl2N7O3S/c1-46-31(19-24-21-42-28-11-4-3-10-25(24)28)36(48)44-22-26-33(16-15-27(38)34(26)39)50-32-14-5-2-9-23(32)20-43-29(13-8-18-41)35(47)45-30(37(46)49)12-6-7-17-40/h2-5,9-11,14-16,21,29-31,42-43H,6-8,12-13,17-20,22,40-41H2,1H3,(H,44,48)(H,45,47)/t29-,30?,31+/m1/s1. The molecule has 10 nitrogen and oxygen atoms in total. The topological polar surface area (TPSA) is 158 Å². The summed E-state index contributed by atoms with van der Waals surface area (Å²) in [6, 6.07) is 17.0. The van der Waals surface area contributed by atoms with Crippen LogP contribution in [0.3, 0.4) is 0 Å². The van der Waals surface area contributed by atoms with Gasteiger partial charge in [-0.3, -0.25) is 14.4 Å². The van der Waals surface area contributed by atoms with Gasteiger partial charge in [-0.15, -0.1) is 0 Å². The van der Waals surface area contributed by atoms with Crippen LogP contribution in [-0.2, 0) is 33.9 Å². The van der Waals surface area contributed by atoms with Crippen molar-refractivity contribution in [3.05, 3.63) is 93.6 Å². The van der Waals surface area contributed by atoms with Gasteiger partial charge in [-0.1, -0.05) is 71.4 Å². The molecule has 13 heteroatoms. The van der Waals surface area contributed by atoms with Crippen molar-refractivity contribution in [1.29, 1.82) is 0 Å². The molecule has 0 spiro atoms. The molecule has 266 valence electrons. The molecule has 0 aliphatic carbocycles. The Kier molecular flexibility index (Phi) is 13.6. The van der Waals surface area contributed by atoms with Gasteiger partial charge in [-0.2, -0.15) is 0 Å². The lowest BCUT2D eigenvalue weighted by Crippen LogP contribution is -2.57. The number of para-hydroxylation sites is 1. The number of nitrogens with zero attached hydrogens (tertiary/aromatic N) is 1. The Morgan fingerprint density at radius 1 is 0.840 bits per heavy atom. The molecule has 0 saturated carbocycles. The summed E-state index contributed by atoms with van der Waals surface area (Å²) in [5.41, 5.74) is 15.1. The Bertz CT molecular complexity index is 1800. The first-order valence-corrected chi connectivity index (χ1v) is 18.5. The molecule has 0 bridgehead atoms. The number of nitrogens with two attached hydrogens (primary N) is 2. The zero-order chi connectivity index (χ0) is 35.6. The van der Waals surface area contributed by atoms with Gasteiger partial charge < -0.3 is 37.3 Å². The van der Waals surface area contributed by atoms with Gasteiger partial charge in [0.1, 0.15) is 12.1 Å². The maximum Gasteiger partial charge on any atom is 0.245 e. The van der Waals surface area contributed by atoms with E-state index in [1.54, 1.807) is 13.1 Å². The lowest BCUT2D eigenvalue weighted by Gasteiger charge is -2.32. The summed E-state index contributed by atoms with van der Waals surface area (Å²) in [6.45, 7) is 1.37. The van der Waals surface area contributed by atoms with E-state index >= 15 is 0 Å². The van der Waals surface area contributed by atoms with Crippen LogP contribution in [0.2, 0.25) is 10.0 Å². The third kappa shape index (κ3) is 9.20. The largest absolute Gasteiger partial charge is 0.361 e. The highest BCUT2D eigenvalue weighted by Gasteiger charge is 2.34. The summed E-state index contributed by atoms with van der Waals surface area (Å²) in [7, 11) is 1.62. The number of carbonyl (C=O) groups excluding carboxylic acids is 3. The van der Waals surface area contributed by atoms with Crippen LogP contribution in [0.5, 0.6) is 0 Å². The van der Waals surface area contributed by atoms with Crippen molar-refractivity contribution in [3.8, 4) is 0 Å². The SMILES string of the molecule is CN1C(=O)C(CCCCN)NC(=O)[C@@H](CCCN)NCc2ccccc2Sc2ccc(Cl)c(Cl)c2CNC(=O)[C@@H]1Cc1c[nH]c2ccccc12. The molecule has 5 rings (SSSR count). The number of likely N-dealkylation sites (N-methyl/N-ethyl adjacent to an activating group) is 1. The zero-order valence-electron chi connectivity index (χ0n) is 28.1. The maximum atomic E-state index is 14.4. The molecule has 1 aromatic heterocycles. The van der Waals surface area contributed by atoms with Crippen molar-refractivity contribution in [3.63, 3.8) is 0 Å². The second kappa shape index (κ2) is 18.1. The molecule has 4 aromatic rings. The van der Waals surface area contributed by atoms with Gasteiger partial charge in [0, 0.05) is 59.0 Å². The Hall–Kier alpha value is -3.58. The average molecular weight is 739 g/mol. The molecule has 0 fully saturated rings. The molecule has 1 unspecified atom stereocenters. The van der Waals surface area contributed by atoms with Gasteiger partial charge >= 0.3 is 0 Å². The zero-order valence-corrected chi connectivity index (χ0v) is 30.5. The van der Waals surface area contributed by atoms with E-state index in [2.05, 4.69) is 20.9 Å². The number of carbonyl (C=O) groups is 3. The van der Waals surface area contributed by atoms with Gasteiger partial charge in [-0.25, -0.2) is 0 Å². The van der Waals surface area contributed by atoms with Gasteiger partial charge in [0.15, 0.2) is 0 Å². The van der Waals surface area contributed by atoms with E-state index in [1.807, 2.05) is 60.8 Å². The molecular weight excluding hydrogens is 693 g/mol. The molecule has 2 heterocycles. The predicted octanol–water partition coefficient (Wildman–Crippen LogP) is 5.14. The molecule has 8 N–H and O–H groups in total. The highest BCUT2D eigenvalue weighted by atomic mass is 35.5. The first-order chi connectivity index (χ1) is 24.2. The minimum atomic E-state index is -0.910. The molecule has 0 saturated heterocycles. The lowest BCUT2D eigenvalue weighted by atomic mass is 10.0. The second-order valence-corrected chi connectivity index (χ2v) is 14.4. The van der Waals surface area contributed by atoms with Crippen LogP contribution >= 0.6 is 35.0 Å². The van der Waals surface area contributed by atoms with E-state index in [0.29, 0.717) is 67.3 Å². The first kappa shape index (κ1) is 37.7. The minimum absolute atomic E-state index is 0.0885. The normalized spacial score (nSPS) is 19.4. The minimum Gasteiger partial charge on any atom is -0.361 e. The van der Waals surface area contributed by atoms with Crippen molar-refractivity contribution in [2.75, 3.05) is 20.1 Å². The predicted molar refractivity (Wildman–Crippen MR) is 201 cm³/mol. The van der Waals surface area contributed by atoms with Crippen LogP contribution in [0.25, 0.3) is 10.9 Å². The maximum absolute atomic E-state index is 14.4. The fraction of sp³-hybridized carbons (Fsp3) is 0.378. The third-order valence-corrected chi connectivity index (χ3v) is 11.2. The summed E-state index contributed by atoms with van der Waals surface area (Å²) in [4.78, 5) is 49.1. The molecule has 3 atom stereocenters. The fourth-order valence-corrected chi connectivity index (χ4v) is 7.77. The average Bonchev–Trinajstić information content (AvgIpc) is 3.53. The number of hydrogen-bond donors (Lipinski definition) is 6. The van der Waals surface area contributed by atoms with E-state index in [9.17, 15) is 14.4 Å². The van der Waals surface area contributed by atoms with Gasteiger partial charge in [-0.05, 0) is 80.6 Å². The number of hydrogen-bond acceptors (Lipinski definition) is 7. The highest BCUT2D eigenvalue weighted by molar-refractivity contribution is 7.99. The Labute approximate surface area is 307 Å². The van der Waals surface area contributed by atoms with Crippen LogP contribution in [0.4, 0.5) is 0 Å². The van der Waals surface area contributed by atoms with Crippen LogP contribution < -0.4 is 27.4 Å². The van der Waals surface area contributed by atoms with Crippen LogP contribution in [0.1, 0.15) is 48.8 Å². The molecule has 50 heavy (non-hydrogen) atoms. The number of amides is 3. The van der Waals surface area contributed by atoms with E-state index in [1.165, 1.54) is 16.7 Å².